The number of aromatic nitrogens is 2. The number of carbonyl (C=O) groups excluding carboxylic acids is 1. The summed E-state index contributed by atoms with van der Waals surface area (Å²) in [4.78, 5) is 24.3. The SMILES string of the molecule is CCCCn1nc(C(=O)NC(CC)c2cccc(Cl)c2)ccc1=O. The summed E-state index contributed by atoms with van der Waals surface area (Å²) in [5.41, 5.74) is 0.991. The first-order chi connectivity index (χ1) is 11.5. The Labute approximate surface area is 146 Å². The molecular weight excluding hydrogens is 326 g/mol. The third-order valence-electron chi connectivity index (χ3n) is 3.79. The van der Waals surface area contributed by atoms with E-state index in [0.29, 0.717) is 11.6 Å². The number of rotatable bonds is 7. The zero-order valence-corrected chi connectivity index (χ0v) is 14.7. The Morgan fingerprint density at radius 3 is 2.75 bits per heavy atom. The van der Waals surface area contributed by atoms with Crippen LogP contribution >= 0.6 is 11.6 Å². The van der Waals surface area contributed by atoms with E-state index in [1.165, 1.54) is 16.8 Å². The lowest BCUT2D eigenvalue weighted by Crippen LogP contribution is -2.32. The molecule has 2 rings (SSSR count). The number of carbonyl (C=O) groups is 1. The summed E-state index contributed by atoms with van der Waals surface area (Å²) in [7, 11) is 0. The molecule has 2 aromatic rings. The molecule has 1 heterocycles. The molecule has 0 saturated heterocycles. The van der Waals surface area contributed by atoms with Crippen LogP contribution < -0.4 is 10.9 Å². The molecule has 0 aliphatic rings. The predicted molar refractivity (Wildman–Crippen MR) is 95.4 cm³/mol. The van der Waals surface area contributed by atoms with Crippen LogP contribution in [0.2, 0.25) is 5.02 Å². The van der Waals surface area contributed by atoms with E-state index in [1.807, 2.05) is 32.0 Å². The Hall–Kier alpha value is -2.14. The second-order valence-corrected chi connectivity index (χ2v) is 6.06. The summed E-state index contributed by atoms with van der Waals surface area (Å²) in [6.45, 7) is 4.54. The van der Waals surface area contributed by atoms with E-state index in [9.17, 15) is 9.59 Å². The predicted octanol–water partition coefficient (Wildman–Crippen LogP) is 3.58. The summed E-state index contributed by atoms with van der Waals surface area (Å²) in [6, 6.07) is 10.1. The van der Waals surface area contributed by atoms with Gasteiger partial charge < -0.3 is 5.32 Å². The maximum absolute atomic E-state index is 12.5. The van der Waals surface area contributed by atoms with Crippen molar-refractivity contribution in [2.75, 3.05) is 0 Å². The van der Waals surface area contributed by atoms with Crippen molar-refractivity contribution in [3.63, 3.8) is 0 Å². The summed E-state index contributed by atoms with van der Waals surface area (Å²) in [5, 5.41) is 7.76. The lowest BCUT2D eigenvalue weighted by atomic mass is 10.0. The minimum absolute atomic E-state index is 0.158. The highest BCUT2D eigenvalue weighted by Crippen LogP contribution is 2.20. The number of nitrogens with zero attached hydrogens (tertiary/aromatic N) is 2. The first-order valence-corrected chi connectivity index (χ1v) is 8.57. The van der Waals surface area contributed by atoms with Crippen molar-refractivity contribution in [2.45, 2.75) is 45.7 Å². The number of nitrogens with one attached hydrogen (secondary N) is 1. The molecule has 0 fully saturated rings. The quantitative estimate of drug-likeness (QED) is 0.832. The number of unbranched alkanes of at least 4 members (excludes halogenated alkanes) is 1. The molecule has 24 heavy (non-hydrogen) atoms. The van der Waals surface area contributed by atoms with Crippen molar-refractivity contribution >= 4 is 17.5 Å². The molecule has 1 atom stereocenters. The first kappa shape index (κ1) is 18.2. The third kappa shape index (κ3) is 4.68. The van der Waals surface area contributed by atoms with E-state index in [2.05, 4.69) is 10.4 Å². The molecule has 0 aliphatic carbocycles. The van der Waals surface area contributed by atoms with Crippen molar-refractivity contribution in [1.82, 2.24) is 15.1 Å². The van der Waals surface area contributed by atoms with Gasteiger partial charge in [0.2, 0.25) is 0 Å². The average Bonchev–Trinajstić information content (AvgIpc) is 2.58. The summed E-state index contributed by atoms with van der Waals surface area (Å²) in [5.74, 6) is -0.299. The van der Waals surface area contributed by atoms with E-state index in [-0.39, 0.29) is 23.2 Å². The Morgan fingerprint density at radius 1 is 1.29 bits per heavy atom. The van der Waals surface area contributed by atoms with Gasteiger partial charge in [-0.1, -0.05) is 44.0 Å². The van der Waals surface area contributed by atoms with Crippen molar-refractivity contribution < 1.29 is 4.79 Å². The van der Waals surface area contributed by atoms with E-state index >= 15 is 0 Å². The minimum Gasteiger partial charge on any atom is -0.344 e. The highest BCUT2D eigenvalue weighted by Gasteiger charge is 2.16. The van der Waals surface area contributed by atoms with Crippen molar-refractivity contribution in [2.24, 2.45) is 0 Å². The number of halogens is 1. The second-order valence-electron chi connectivity index (χ2n) is 5.62. The lowest BCUT2D eigenvalue weighted by Gasteiger charge is -2.17. The molecule has 0 aliphatic heterocycles. The van der Waals surface area contributed by atoms with Crippen LogP contribution in [0.5, 0.6) is 0 Å². The summed E-state index contributed by atoms with van der Waals surface area (Å²) < 4.78 is 1.35. The standard InChI is InChI=1S/C18H22ClN3O2/c1-3-5-11-22-17(23)10-9-16(21-22)18(24)20-15(4-2)13-7-6-8-14(19)12-13/h6-10,12,15H,3-5,11H2,1-2H3,(H,20,24). The molecule has 128 valence electrons. The fourth-order valence-electron chi connectivity index (χ4n) is 2.41. The van der Waals surface area contributed by atoms with Crippen LogP contribution in [0.3, 0.4) is 0 Å². The second kappa shape index (κ2) is 8.64. The molecule has 0 spiro atoms. The maximum atomic E-state index is 12.5. The van der Waals surface area contributed by atoms with Gasteiger partial charge in [-0.05, 0) is 36.6 Å². The lowest BCUT2D eigenvalue weighted by molar-refractivity contribution is 0.0928. The smallest absolute Gasteiger partial charge is 0.272 e. The van der Waals surface area contributed by atoms with Crippen LogP contribution in [0.1, 0.15) is 55.2 Å². The summed E-state index contributed by atoms with van der Waals surface area (Å²) >= 11 is 6.02. The molecule has 1 unspecified atom stereocenters. The zero-order valence-electron chi connectivity index (χ0n) is 14.0. The van der Waals surface area contributed by atoms with Gasteiger partial charge in [-0.2, -0.15) is 5.10 Å². The molecule has 0 saturated carbocycles. The highest BCUT2D eigenvalue weighted by molar-refractivity contribution is 6.30. The van der Waals surface area contributed by atoms with Crippen LogP contribution in [0.25, 0.3) is 0 Å². The number of aryl methyl sites for hydroxylation is 1. The van der Waals surface area contributed by atoms with Gasteiger partial charge in [-0.15, -0.1) is 0 Å². The topological polar surface area (TPSA) is 64.0 Å². The first-order valence-electron chi connectivity index (χ1n) is 8.19. The van der Waals surface area contributed by atoms with Gasteiger partial charge in [0.1, 0.15) is 5.69 Å². The number of amides is 1. The Balaban J connectivity index is 2.17. The van der Waals surface area contributed by atoms with Crippen LogP contribution in [0.4, 0.5) is 0 Å². The fraction of sp³-hybridized carbons (Fsp3) is 0.389. The molecule has 0 radical (unpaired) electrons. The maximum Gasteiger partial charge on any atom is 0.272 e. The monoisotopic (exact) mass is 347 g/mol. The largest absolute Gasteiger partial charge is 0.344 e. The van der Waals surface area contributed by atoms with Gasteiger partial charge in [0.05, 0.1) is 6.04 Å². The van der Waals surface area contributed by atoms with Crippen LogP contribution in [-0.2, 0) is 6.54 Å². The molecule has 0 bridgehead atoms. The Kier molecular flexibility index (Phi) is 6.55. The third-order valence-corrected chi connectivity index (χ3v) is 4.02. The molecule has 1 aromatic heterocycles. The van der Waals surface area contributed by atoms with Crippen LogP contribution in [0, 0.1) is 0 Å². The van der Waals surface area contributed by atoms with Gasteiger partial charge in [0.25, 0.3) is 11.5 Å². The van der Waals surface area contributed by atoms with Gasteiger partial charge in [-0.25, -0.2) is 4.68 Å². The van der Waals surface area contributed by atoms with Crippen LogP contribution in [0.15, 0.2) is 41.2 Å². The van der Waals surface area contributed by atoms with Gasteiger partial charge in [0.15, 0.2) is 0 Å². The normalized spacial score (nSPS) is 12.0. The molecule has 5 nitrogen and oxygen atoms in total. The molecule has 6 heteroatoms. The average molecular weight is 348 g/mol. The molecule has 1 amide bonds. The zero-order chi connectivity index (χ0) is 17.5. The summed E-state index contributed by atoms with van der Waals surface area (Å²) in [6.07, 6.45) is 2.52. The van der Waals surface area contributed by atoms with Gasteiger partial charge in [0, 0.05) is 17.6 Å². The molecule has 1 aromatic carbocycles. The van der Waals surface area contributed by atoms with Gasteiger partial charge >= 0.3 is 0 Å². The molecule has 1 N–H and O–H groups in total. The van der Waals surface area contributed by atoms with Gasteiger partial charge in [-0.3, -0.25) is 9.59 Å². The fourth-order valence-corrected chi connectivity index (χ4v) is 2.61. The Morgan fingerprint density at radius 2 is 2.08 bits per heavy atom. The number of hydrogen-bond donors (Lipinski definition) is 1. The van der Waals surface area contributed by atoms with Crippen LogP contribution in [-0.4, -0.2) is 15.7 Å². The Bertz CT molecular complexity index is 758. The van der Waals surface area contributed by atoms with E-state index < -0.39 is 0 Å². The number of benzene rings is 1. The van der Waals surface area contributed by atoms with E-state index in [1.54, 1.807) is 6.07 Å². The minimum atomic E-state index is -0.299. The van der Waals surface area contributed by atoms with Crippen molar-refractivity contribution in [3.05, 3.63) is 63.0 Å². The van der Waals surface area contributed by atoms with Crippen molar-refractivity contribution in [1.29, 1.82) is 0 Å². The van der Waals surface area contributed by atoms with E-state index in [4.69, 9.17) is 11.6 Å². The highest BCUT2D eigenvalue weighted by atomic mass is 35.5. The number of hydrogen-bond acceptors (Lipinski definition) is 3. The van der Waals surface area contributed by atoms with Crippen molar-refractivity contribution in [3.8, 4) is 0 Å². The molecular formula is C18H22ClN3O2. The van der Waals surface area contributed by atoms with E-state index in [0.717, 1.165) is 24.8 Å².